The molecule has 0 N–H and O–H groups in total. The van der Waals surface area contributed by atoms with Crippen molar-refractivity contribution in [3.63, 3.8) is 0 Å². The van der Waals surface area contributed by atoms with E-state index in [1.165, 1.54) is 4.90 Å². The fraction of sp³-hybridized carbons (Fsp3) is 0. The average Bonchev–Trinajstić information content (AvgIpc) is 2.32. The highest BCUT2D eigenvalue weighted by atomic mass is 32.7. The Morgan fingerprint density at radius 3 is 2.07 bits per heavy atom. The van der Waals surface area contributed by atoms with Gasteiger partial charge in [0.1, 0.15) is 13.8 Å². The molecule has 0 aliphatic heterocycles. The number of benzene rings is 2. The normalized spacial score (nSPS) is 10.7. The SMILES string of the molecule is c1ccc(OPSc2ccccc2)cc1. The summed E-state index contributed by atoms with van der Waals surface area (Å²) in [6.45, 7) is 0. The van der Waals surface area contributed by atoms with Gasteiger partial charge in [-0.3, -0.25) is 0 Å². The molecule has 1 atom stereocenters. The van der Waals surface area contributed by atoms with Crippen molar-refractivity contribution in [2.45, 2.75) is 4.90 Å². The van der Waals surface area contributed by atoms with E-state index < -0.39 is 0 Å². The molecule has 0 aromatic heterocycles. The lowest BCUT2D eigenvalue weighted by molar-refractivity contribution is 0.643. The molecule has 0 bridgehead atoms. The van der Waals surface area contributed by atoms with Gasteiger partial charge in [0.2, 0.25) is 0 Å². The minimum atomic E-state index is 0.404. The van der Waals surface area contributed by atoms with Crippen LogP contribution in [0.2, 0.25) is 0 Å². The number of rotatable bonds is 4. The topological polar surface area (TPSA) is 9.23 Å². The van der Waals surface area contributed by atoms with E-state index in [0.29, 0.717) is 8.01 Å². The lowest BCUT2D eigenvalue weighted by Crippen LogP contribution is -1.74. The van der Waals surface area contributed by atoms with Crippen molar-refractivity contribution in [3.8, 4) is 5.75 Å². The average molecular weight is 234 g/mol. The molecule has 1 nitrogen and oxygen atoms in total. The zero-order chi connectivity index (χ0) is 10.3. The predicted molar refractivity (Wildman–Crippen MR) is 67.7 cm³/mol. The van der Waals surface area contributed by atoms with Crippen LogP contribution in [0.1, 0.15) is 0 Å². The maximum absolute atomic E-state index is 5.60. The second kappa shape index (κ2) is 5.79. The van der Waals surface area contributed by atoms with Crippen LogP contribution in [0.25, 0.3) is 0 Å². The predicted octanol–water partition coefficient (Wildman–Crippen LogP) is 4.37. The van der Waals surface area contributed by atoms with Gasteiger partial charge in [-0.2, -0.15) is 0 Å². The molecule has 76 valence electrons. The zero-order valence-electron chi connectivity index (χ0n) is 8.09. The van der Waals surface area contributed by atoms with E-state index in [2.05, 4.69) is 12.1 Å². The van der Waals surface area contributed by atoms with Crippen molar-refractivity contribution in [1.29, 1.82) is 0 Å². The third kappa shape index (κ3) is 3.58. The molecule has 0 amide bonds. The second-order valence-corrected chi connectivity index (χ2v) is 5.07. The minimum absolute atomic E-state index is 0.404. The molecule has 0 heterocycles. The van der Waals surface area contributed by atoms with E-state index in [4.69, 9.17) is 4.52 Å². The van der Waals surface area contributed by atoms with Gasteiger partial charge in [-0.15, -0.1) is 0 Å². The van der Waals surface area contributed by atoms with Crippen LogP contribution >= 0.6 is 19.4 Å². The first-order valence-electron chi connectivity index (χ1n) is 4.64. The van der Waals surface area contributed by atoms with E-state index >= 15 is 0 Å². The van der Waals surface area contributed by atoms with Crippen LogP contribution < -0.4 is 4.52 Å². The summed E-state index contributed by atoms with van der Waals surface area (Å²) >= 11 is 1.72. The van der Waals surface area contributed by atoms with E-state index in [9.17, 15) is 0 Å². The Balaban J connectivity index is 1.81. The molecular weight excluding hydrogens is 223 g/mol. The van der Waals surface area contributed by atoms with Gasteiger partial charge >= 0.3 is 0 Å². The van der Waals surface area contributed by atoms with E-state index in [1.807, 2.05) is 48.5 Å². The summed E-state index contributed by atoms with van der Waals surface area (Å²) in [7, 11) is 0.404. The van der Waals surface area contributed by atoms with Gasteiger partial charge in [0.15, 0.2) is 0 Å². The van der Waals surface area contributed by atoms with Crippen LogP contribution in [-0.4, -0.2) is 0 Å². The summed E-state index contributed by atoms with van der Waals surface area (Å²) in [6.07, 6.45) is 0. The monoisotopic (exact) mass is 234 g/mol. The first-order chi connectivity index (χ1) is 7.45. The molecule has 1 unspecified atom stereocenters. The van der Waals surface area contributed by atoms with Crippen LogP contribution in [0.5, 0.6) is 5.75 Å². The Bertz CT molecular complexity index is 351. The summed E-state index contributed by atoms with van der Waals surface area (Å²) < 4.78 is 5.60. The standard InChI is InChI=1S/C12H11OPS/c1-3-7-11(8-4-1)13-14-15-12-9-5-2-6-10-12/h1-10,14H. The lowest BCUT2D eigenvalue weighted by atomic mass is 10.3. The third-order valence-corrected chi connectivity index (χ3v) is 3.92. The Labute approximate surface area is 95.5 Å². The van der Waals surface area contributed by atoms with Crippen LogP contribution in [0.15, 0.2) is 65.6 Å². The van der Waals surface area contributed by atoms with Gasteiger partial charge in [-0.1, -0.05) is 47.8 Å². The third-order valence-electron chi connectivity index (χ3n) is 1.81. The number of hydrogen-bond donors (Lipinski definition) is 0. The van der Waals surface area contributed by atoms with Crippen molar-refractivity contribution in [2.75, 3.05) is 0 Å². The summed E-state index contributed by atoms with van der Waals surface area (Å²) in [5.74, 6) is 0.930. The van der Waals surface area contributed by atoms with Gasteiger partial charge < -0.3 is 4.52 Å². The Kier molecular flexibility index (Phi) is 4.07. The van der Waals surface area contributed by atoms with Gasteiger partial charge in [0, 0.05) is 4.90 Å². The van der Waals surface area contributed by atoms with E-state index in [0.717, 1.165) is 5.75 Å². The van der Waals surface area contributed by atoms with Gasteiger partial charge in [-0.25, -0.2) is 0 Å². The summed E-state index contributed by atoms with van der Waals surface area (Å²) in [5.41, 5.74) is 0. The fourth-order valence-electron chi connectivity index (χ4n) is 1.09. The fourth-order valence-corrected chi connectivity index (χ4v) is 2.87. The highest BCUT2D eigenvalue weighted by Gasteiger charge is 1.94. The van der Waals surface area contributed by atoms with Crippen molar-refractivity contribution >= 4 is 19.4 Å². The maximum Gasteiger partial charge on any atom is 0.138 e. The van der Waals surface area contributed by atoms with Crippen molar-refractivity contribution in [2.24, 2.45) is 0 Å². The van der Waals surface area contributed by atoms with E-state index in [-0.39, 0.29) is 0 Å². The molecule has 0 spiro atoms. The molecule has 0 fully saturated rings. The van der Waals surface area contributed by atoms with Crippen molar-refractivity contribution < 1.29 is 4.52 Å². The first-order valence-corrected chi connectivity index (χ1v) is 7.09. The largest absolute Gasteiger partial charge is 0.466 e. The molecule has 0 aliphatic carbocycles. The summed E-state index contributed by atoms with van der Waals surface area (Å²) in [4.78, 5) is 1.24. The zero-order valence-corrected chi connectivity index (χ0v) is 9.91. The molecule has 2 aromatic carbocycles. The van der Waals surface area contributed by atoms with E-state index in [1.54, 1.807) is 11.4 Å². The van der Waals surface area contributed by atoms with Crippen LogP contribution in [0.3, 0.4) is 0 Å². The molecule has 15 heavy (non-hydrogen) atoms. The highest BCUT2D eigenvalue weighted by Crippen LogP contribution is 2.38. The molecule has 3 heteroatoms. The lowest BCUT2D eigenvalue weighted by Gasteiger charge is -2.04. The van der Waals surface area contributed by atoms with Crippen LogP contribution in [-0.2, 0) is 0 Å². The number of hydrogen-bond acceptors (Lipinski definition) is 2. The van der Waals surface area contributed by atoms with Gasteiger partial charge in [0.25, 0.3) is 0 Å². The highest BCUT2D eigenvalue weighted by molar-refractivity contribution is 8.48. The van der Waals surface area contributed by atoms with Crippen molar-refractivity contribution in [3.05, 3.63) is 60.7 Å². The molecule has 0 saturated heterocycles. The summed E-state index contributed by atoms with van der Waals surface area (Å²) in [6, 6.07) is 20.2. The molecule has 0 radical (unpaired) electrons. The van der Waals surface area contributed by atoms with Gasteiger partial charge in [0.05, 0.1) is 0 Å². The van der Waals surface area contributed by atoms with Crippen LogP contribution in [0.4, 0.5) is 0 Å². The molecule has 2 rings (SSSR count). The first kappa shape index (κ1) is 10.5. The second-order valence-electron chi connectivity index (χ2n) is 2.91. The van der Waals surface area contributed by atoms with Crippen LogP contribution in [0, 0.1) is 0 Å². The van der Waals surface area contributed by atoms with Crippen molar-refractivity contribution in [1.82, 2.24) is 0 Å². The Morgan fingerprint density at radius 2 is 1.40 bits per heavy atom. The van der Waals surface area contributed by atoms with Gasteiger partial charge in [-0.05, 0) is 24.3 Å². The quantitative estimate of drug-likeness (QED) is 0.726. The number of para-hydroxylation sites is 1. The maximum atomic E-state index is 5.60. The molecule has 0 saturated carbocycles. The molecular formula is C12H11OPS. The summed E-state index contributed by atoms with van der Waals surface area (Å²) in [5, 5.41) is 0. The minimum Gasteiger partial charge on any atom is -0.466 e. The Morgan fingerprint density at radius 1 is 0.800 bits per heavy atom. The molecule has 0 aliphatic rings. The Hall–Kier alpha value is -0.980. The smallest absolute Gasteiger partial charge is 0.138 e. The molecule has 2 aromatic rings.